The zero-order valence-corrected chi connectivity index (χ0v) is 23.3. The van der Waals surface area contributed by atoms with Crippen molar-refractivity contribution in [3.05, 3.63) is 132 Å². The molecule has 0 aliphatic carbocycles. The van der Waals surface area contributed by atoms with Gasteiger partial charge in [-0.25, -0.2) is 4.79 Å². The lowest BCUT2D eigenvalue weighted by atomic mass is 10.2. The van der Waals surface area contributed by atoms with Crippen LogP contribution in [0.5, 0.6) is 11.5 Å². The second-order valence-electron chi connectivity index (χ2n) is 9.38. The molecular weight excluding hydrogens is 541 g/mol. The number of rotatable bonds is 13. The second kappa shape index (κ2) is 14.8. The first kappa shape index (κ1) is 29.6. The number of esters is 1. The fraction of sp³-hybridized carbons (Fsp3) is 0.188. The minimum Gasteiger partial charge on any atom is -0.461 e. The van der Waals surface area contributed by atoms with Crippen molar-refractivity contribution >= 4 is 19.4 Å². The molecule has 212 valence electrons. The summed E-state index contributed by atoms with van der Waals surface area (Å²) in [6.45, 7) is 0.0855. The van der Waals surface area contributed by atoms with Gasteiger partial charge in [-0.05, 0) is 47.4 Å². The van der Waals surface area contributed by atoms with Gasteiger partial charge in [-0.15, -0.1) is 0 Å². The maximum absolute atomic E-state index is 13.6. The van der Waals surface area contributed by atoms with Crippen LogP contribution in [0.15, 0.2) is 115 Å². The van der Waals surface area contributed by atoms with Crippen LogP contribution in [0.2, 0.25) is 0 Å². The van der Waals surface area contributed by atoms with Crippen LogP contribution in [0.1, 0.15) is 29.5 Å². The lowest BCUT2D eigenvalue weighted by molar-refractivity contribution is -0.145. The second-order valence-corrected chi connectivity index (χ2v) is 11.8. The number of benzene rings is 4. The SMILES string of the molecule is O=C(CCC(NC(=O)OCc1ccccc1)P(=O)(O)Cc1ccc(Oc2ccccc2)cc1)OCc1ccccc1. The number of para-hydroxylation sites is 1. The topological polar surface area (TPSA) is 111 Å². The fourth-order valence-corrected chi connectivity index (χ4v) is 5.79. The van der Waals surface area contributed by atoms with E-state index in [0.717, 1.165) is 11.1 Å². The summed E-state index contributed by atoms with van der Waals surface area (Å²) in [5, 5.41) is 2.51. The standard InChI is InChI=1S/C32H32NO7P/c34-31(38-22-25-10-4-1-5-11-25)21-20-30(33-32(35)39-23-26-12-6-2-7-13-26)41(36,37)24-27-16-18-29(19-17-27)40-28-14-8-3-9-15-28/h1-19,30H,20-24H2,(H,33,35)(H,36,37). The van der Waals surface area contributed by atoms with Gasteiger partial charge in [-0.1, -0.05) is 91.0 Å². The molecule has 2 N–H and O–H groups in total. The van der Waals surface area contributed by atoms with E-state index in [1.807, 2.05) is 78.9 Å². The number of nitrogens with one attached hydrogen (secondary N) is 1. The van der Waals surface area contributed by atoms with E-state index in [9.17, 15) is 19.0 Å². The monoisotopic (exact) mass is 573 g/mol. The van der Waals surface area contributed by atoms with E-state index in [1.165, 1.54) is 0 Å². The normalized spacial score (nSPS) is 12.9. The predicted molar refractivity (Wildman–Crippen MR) is 156 cm³/mol. The third-order valence-electron chi connectivity index (χ3n) is 6.16. The van der Waals surface area contributed by atoms with E-state index in [1.54, 1.807) is 36.4 Å². The van der Waals surface area contributed by atoms with Crippen molar-refractivity contribution in [2.45, 2.75) is 38.0 Å². The highest BCUT2D eigenvalue weighted by Gasteiger charge is 2.33. The van der Waals surface area contributed by atoms with Gasteiger partial charge in [0, 0.05) is 6.42 Å². The zero-order valence-electron chi connectivity index (χ0n) is 22.4. The average molecular weight is 574 g/mol. The highest BCUT2D eigenvalue weighted by atomic mass is 31.2. The molecule has 4 aromatic carbocycles. The summed E-state index contributed by atoms with van der Waals surface area (Å²) in [6, 6.07) is 34.4. The van der Waals surface area contributed by atoms with Gasteiger partial charge in [0.25, 0.3) is 0 Å². The fourth-order valence-electron chi connectivity index (χ4n) is 4.00. The third kappa shape index (κ3) is 9.94. The summed E-state index contributed by atoms with van der Waals surface area (Å²) >= 11 is 0. The molecule has 0 aromatic heterocycles. The van der Waals surface area contributed by atoms with Crippen LogP contribution in [0.3, 0.4) is 0 Å². The quantitative estimate of drug-likeness (QED) is 0.131. The molecule has 2 unspecified atom stereocenters. The summed E-state index contributed by atoms with van der Waals surface area (Å²) in [5.74, 6) is -0.519. The lowest BCUT2D eigenvalue weighted by Crippen LogP contribution is -2.36. The van der Waals surface area contributed by atoms with Crippen LogP contribution in [-0.4, -0.2) is 22.7 Å². The van der Waals surface area contributed by atoms with E-state index in [-0.39, 0.29) is 32.2 Å². The molecule has 9 heteroatoms. The number of carbonyl (C=O) groups is 2. The number of hydrogen-bond acceptors (Lipinski definition) is 6. The van der Waals surface area contributed by atoms with E-state index in [0.29, 0.717) is 17.1 Å². The first-order valence-electron chi connectivity index (χ1n) is 13.2. The molecule has 0 heterocycles. The van der Waals surface area contributed by atoms with Crippen molar-refractivity contribution in [2.24, 2.45) is 0 Å². The zero-order chi connectivity index (χ0) is 28.9. The summed E-state index contributed by atoms with van der Waals surface area (Å²) in [5.41, 5.74) is 2.17. The molecular formula is C32H32NO7P. The van der Waals surface area contributed by atoms with E-state index < -0.39 is 25.2 Å². The molecule has 0 aliphatic rings. The van der Waals surface area contributed by atoms with Crippen molar-refractivity contribution in [1.82, 2.24) is 5.32 Å². The Balaban J connectivity index is 1.39. The van der Waals surface area contributed by atoms with Crippen LogP contribution in [0, 0.1) is 0 Å². The Kier molecular flexibility index (Phi) is 10.7. The largest absolute Gasteiger partial charge is 0.461 e. The molecule has 0 spiro atoms. The van der Waals surface area contributed by atoms with Crippen molar-refractivity contribution in [3.8, 4) is 11.5 Å². The first-order valence-corrected chi connectivity index (χ1v) is 15.1. The molecule has 2 atom stereocenters. The Hall–Kier alpha value is -4.39. The number of alkyl carbamates (subject to hydrolysis) is 1. The van der Waals surface area contributed by atoms with Crippen LogP contribution in [0.4, 0.5) is 4.79 Å². The number of hydrogen-bond donors (Lipinski definition) is 2. The summed E-state index contributed by atoms with van der Waals surface area (Å²) in [4.78, 5) is 36.1. The maximum Gasteiger partial charge on any atom is 0.408 e. The predicted octanol–water partition coefficient (Wildman–Crippen LogP) is 7.03. The van der Waals surface area contributed by atoms with Crippen molar-refractivity contribution < 1.29 is 33.3 Å². The molecule has 1 amide bonds. The van der Waals surface area contributed by atoms with Crippen molar-refractivity contribution in [2.75, 3.05) is 0 Å². The molecule has 0 fully saturated rings. The Morgan fingerprint density at radius 2 is 1.20 bits per heavy atom. The van der Waals surface area contributed by atoms with E-state index in [4.69, 9.17) is 14.2 Å². The van der Waals surface area contributed by atoms with Gasteiger partial charge < -0.3 is 24.4 Å². The smallest absolute Gasteiger partial charge is 0.408 e. The molecule has 4 aromatic rings. The Morgan fingerprint density at radius 1 is 0.683 bits per heavy atom. The van der Waals surface area contributed by atoms with Gasteiger partial charge in [0.1, 0.15) is 30.5 Å². The molecule has 41 heavy (non-hydrogen) atoms. The van der Waals surface area contributed by atoms with Gasteiger partial charge in [-0.2, -0.15) is 0 Å². The third-order valence-corrected chi connectivity index (χ3v) is 8.34. The first-order chi connectivity index (χ1) is 19.9. The van der Waals surface area contributed by atoms with Gasteiger partial charge in [0.05, 0.1) is 6.16 Å². The van der Waals surface area contributed by atoms with Gasteiger partial charge in [0.15, 0.2) is 0 Å². The molecule has 0 saturated carbocycles. The maximum atomic E-state index is 13.6. The molecule has 0 aliphatic heterocycles. The molecule has 0 radical (unpaired) electrons. The van der Waals surface area contributed by atoms with Gasteiger partial charge >= 0.3 is 12.1 Å². The summed E-state index contributed by atoms with van der Waals surface area (Å²) < 4.78 is 29.9. The molecule has 0 bridgehead atoms. The highest BCUT2D eigenvalue weighted by Crippen LogP contribution is 2.50. The summed E-state index contributed by atoms with van der Waals surface area (Å²) in [7, 11) is -4.05. The number of carbonyl (C=O) groups excluding carboxylic acids is 2. The average Bonchev–Trinajstić information content (AvgIpc) is 2.99. The summed E-state index contributed by atoms with van der Waals surface area (Å²) in [6.07, 6.45) is -1.33. The molecule has 8 nitrogen and oxygen atoms in total. The number of ether oxygens (including phenoxy) is 3. The van der Waals surface area contributed by atoms with Crippen molar-refractivity contribution in [3.63, 3.8) is 0 Å². The highest BCUT2D eigenvalue weighted by molar-refractivity contribution is 7.57. The Morgan fingerprint density at radius 3 is 1.78 bits per heavy atom. The Bertz CT molecular complexity index is 1430. The van der Waals surface area contributed by atoms with E-state index in [2.05, 4.69) is 5.32 Å². The van der Waals surface area contributed by atoms with E-state index >= 15 is 0 Å². The van der Waals surface area contributed by atoms with Crippen molar-refractivity contribution in [1.29, 1.82) is 0 Å². The van der Waals surface area contributed by atoms with Crippen LogP contribution < -0.4 is 10.1 Å². The lowest BCUT2D eigenvalue weighted by Gasteiger charge is -2.24. The van der Waals surface area contributed by atoms with Crippen LogP contribution in [-0.2, 0) is 38.2 Å². The molecule has 0 saturated heterocycles. The minimum atomic E-state index is -4.05. The molecule has 4 rings (SSSR count). The van der Waals surface area contributed by atoms with Crippen LogP contribution in [0.25, 0.3) is 0 Å². The van der Waals surface area contributed by atoms with Crippen LogP contribution >= 0.6 is 7.37 Å². The number of amides is 1. The van der Waals surface area contributed by atoms with Gasteiger partial charge in [0.2, 0.25) is 7.37 Å². The Labute approximate surface area is 239 Å². The minimum absolute atomic E-state index is 0.00286. The van der Waals surface area contributed by atoms with Gasteiger partial charge in [-0.3, -0.25) is 9.36 Å².